The average molecular weight is 231 g/mol. The van der Waals surface area contributed by atoms with E-state index in [1.54, 1.807) is 6.92 Å². The summed E-state index contributed by atoms with van der Waals surface area (Å²) in [5, 5.41) is 3.09. The molecule has 0 radical (unpaired) electrons. The first-order valence-electron chi connectivity index (χ1n) is 5.84. The fourth-order valence-electron chi connectivity index (χ4n) is 1.16. The molecule has 4 heteroatoms. The molecule has 16 heavy (non-hydrogen) atoms. The van der Waals surface area contributed by atoms with Gasteiger partial charge in [0.25, 0.3) is 0 Å². The Bertz CT molecular complexity index is 211. The highest BCUT2D eigenvalue weighted by atomic mass is 16.6. The molecule has 2 unspecified atom stereocenters. The van der Waals surface area contributed by atoms with Crippen LogP contribution in [0.5, 0.6) is 0 Å². The third-order valence-electron chi connectivity index (χ3n) is 1.92. The van der Waals surface area contributed by atoms with Crippen LogP contribution in [-0.2, 0) is 14.3 Å². The smallest absolute Gasteiger partial charge is 0.323 e. The van der Waals surface area contributed by atoms with Gasteiger partial charge in [0.1, 0.15) is 11.6 Å². The predicted octanol–water partition coefficient (Wildman–Crippen LogP) is 1.73. The summed E-state index contributed by atoms with van der Waals surface area (Å²) < 4.78 is 10.6. The van der Waals surface area contributed by atoms with Crippen molar-refractivity contribution in [1.82, 2.24) is 5.32 Å². The first-order chi connectivity index (χ1) is 7.26. The van der Waals surface area contributed by atoms with E-state index in [0.29, 0.717) is 13.2 Å². The minimum absolute atomic E-state index is 0.106. The lowest BCUT2D eigenvalue weighted by atomic mass is 10.2. The van der Waals surface area contributed by atoms with Gasteiger partial charge in [0.05, 0.1) is 6.10 Å². The Morgan fingerprint density at radius 1 is 1.31 bits per heavy atom. The molecule has 4 nitrogen and oxygen atoms in total. The van der Waals surface area contributed by atoms with E-state index in [0.717, 1.165) is 0 Å². The lowest BCUT2D eigenvalue weighted by molar-refractivity contribution is -0.157. The molecule has 0 bridgehead atoms. The number of rotatable bonds is 6. The second-order valence-electron chi connectivity index (χ2n) is 4.93. The lowest BCUT2D eigenvalue weighted by Crippen LogP contribution is -2.42. The molecule has 0 aromatic heterocycles. The van der Waals surface area contributed by atoms with Crippen LogP contribution >= 0.6 is 0 Å². The van der Waals surface area contributed by atoms with E-state index >= 15 is 0 Å². The van der Waals surface area contributed by atoms with E-state index < -0.39 is 5.60 Å². The molecule has 96 valence electrons. The highest BCUT2D eigenvalue weighted by molar-refractivity contribution is 5.75. The van der Waals surface area contributed by atoms with Crippen molar-refractivity contribution >= 4 is 5.97 Å². The molecule has 0 spiro atoms. The molecule has 0 aliphatic rings. The molecule has 0 saturated carbocycles. The molecular formula is C12H25NO3. The van der Waals surface area contributed by atoms with Crippen LogP contribution in [-0.4, -0.2) is 36.9 Å². The van der Waals surface area contributed by atoms with Crippen LogP contribution in [0.2, 0.25) is 0 Å². The number of ether oxygens (including phenoxy) is 2. The van der Waals surface area contributed by atoms with Crippen molar-refractivity contribution in [2.45, 2.75) is 59.3 Å². The molecule has 0 aliphatic heterocycles. The number of hydrogen-bond acceptors (Lipinski definition) is 4. The Balaban J connectivity index is 3.88. The van der Waals surface area contributed by atoms with Gasteiger partial charge in [-0.1, -0.05) is 0 Å². The van der Waals surface area contributed by atoms with Crippen LogP contribution in [0, 0.1) is 0 Å². The number of esters is 1. The SMILES string of the molecule is CCOC(C)CNC(C)C(=O)OC(C)(C)C. The van der Waals surface area contributed by atoms with Crippen LogP contribution in [0.15, 0.2) is 0 Å². The summed E-state index contributed by atoms with van der Waals surface area (Å²) in [6.07, 6.45) is 0.106. The van der Waals surface area contributed by atoms with Crippen molar-refractivity contribution < 1.29 is 14.3 Å². The lowest BCUT2D eigenvalue weighted by Gasteiger charge is -2.23. The normalized spacial score (nSPS) is 15.6. The van der Waals surface area contributed by atoms with Crippen molar-refractivity contribution in [2.75, 3.05) is 13.2 Å². The second-order valence-corrected chi connectivity index (χ2v) is 4.93. The summed E-state index contributed by atoms with van der Waals surface area (Å²) in [7, 11) is 0. The zero-order valence-corrected chi connectivity index (χ0v) is 11.3. The molecule has 0 rings (SSSR count). The summed E-state index contributed by atoms with van der Waals surface area (Å²) in [4.78, 5) is 11.6. The first kappa shape index (κ1) is 15.4. The third-order valence-corrected chi connectivity index (χ3v) is 1.92. The van der Waals surface area contributed by atoms with Gasteiger partial charge >= 0.3 is 5.97 Å². The highest BCUT2D eigenvalue weighted by Gasteiger charge is 2.21. The van der Waals surface area contributed by atoms with Gasteiger partial charge < -0.3 is 14.8 Å². The van der Waals surface area contributed by atoms with Crippen LogP contribution in [0.1, 0.15) is 41.5 Å². The number of carbonyl (C=O) groups excluding carboxylic acids is 1. The number of hydrogen-bond donors (Lipinski definition) is 1. The Kier molecular flexibility index (Phi) is 6.60. The van der Waals surface area contributed by atoms with Crippen LogP contribution in [0.4, 0.5) is 0 Å². The molecule has 0 aliphatic carbocycles. The average Bonchev–Trinajstić information content (AvgIpc) is 2.11. The van der Waals surface area contributed by atoms with Crippen molar-refractivity contribution in [3.8, 4) is 0 Å². The Morgan fingerprint density at radius 2 is 1.88 bits per heavy atom. The highest BCUT2D eigenvalue weighted by Crippen LogP contribution is 2.08. The van der Waals surface area contributed by atoms with Gasteiger partial charge in [0.2, 0.25) is 0 Å². The van der Waals surface area contributed by atoms with Crippen molar-refractivity contribution in [1.29, 1.82) is 0 Å². The predicted molar refractivity (Wildman–Crippen MR) is 64.4 cm³/mol. The molecule has 0 aromatic carbocycles. The maximum absolute atomic E-state index is 11.6. The molecule has 0 heterocycles. The summed E-state index contributed by atoms with van der Waals surface area (Å²) in [5.74, 6) is -0.226. The minimum atomic E-state index is -0.432. The van der Waals surface area contributed by atoms with E-state index in [2.05, 4.69) is 5.32 Å². The number of nitrogens with one attached hydrogen (secondary N) is 1. The second kappa shape index (κ2) is 6.86. The van der Waals surface area contributed by atoms with Crippen molar-refractivity contribution in [2.24, 2.45) is 0 Å². The third kappa shape index (κ3) is 7.65. The topological polar surface area (TPSA) is 47.6 Å². The molecular weight excluding hydrogens is 206 g/mol. The molecule has 0 saturated heterocycles. The van der Waals surface area contributed by atoms with Gasteiger partial charge in [0, 0.05) is 13.2 Å². The van der Waals surface area contributed by atoms with Crippen LogP contribution in [0.3, 0.4) is 0 Å². The van der Waals surface area contributed by atoms with Crippen LogP contribution in [0.25, 0.3) is 0 Å². The molecule has 0 aromatic rings. The van der Waals surface area contributed by atoms with Gasteiger partial charge in [-0.3, -0.25) is 4.79 Å². The fraction of sp³-hybridized carbons (Fsp3) is 0.917. The minimum Gasteiger partial charge on any atom is -0.459 e. The fourth-order valence-corrected chi connectivity index (χ4v) is 1.16. The van der Waals surface area contributed by atoms with E-state index in [1.165, 1.54) is 0 Å². The molecule has 0 amide bonds. The van der Waals surface area contributed by atoms with Gasteiger partial charge in [-0.2, -0.15) is 0 Å². The Labute approximate surface area is 98.7 Å². The number of carbonyl (C=O) groups is 1. The van der Waals surface area contributed by atoms with Crippen molar-refractivity contribution in [3.05, 3.63) is 0 Å². The first-order valence-corrected chi connectivity index (χ1v) is 5.84. The molecule has 0 fully saturated rings. The summed E-state index contributed by atoms with van der Waals surface area (Å²) in [6, 6.07) is -0.304. The van der Waals surface area contributed by atoms with E-state index in [4.69, 9.17) is 9.47 Å². The quantitative estimate of drug-likeness (QED) is 0.707. The molecule has 2 atom stereocenters. The van der Waals surface area contributed by atoms with E-state index in [9.17, 15) is 4.79 Å². The standard InChI is InChI=1S/C12H25NO3/c1-7-15-9(2)8-13-10(3)11(14)16-12(4,5)6/h9-10,13H,7-8H2,1-6H3. The zero-order valence-electron chi connectivity index (χ0n) is 11.3. The maximum atomic E-state index is 11.6. The van der Waals surface area contributed by atoms with Gasteiger partial charge in [0.15, 0.2) is 0 Å². The zero-order chi connectivity index (χ0) is 12.8. The summed E-state index contributed by atoms with van der Waals surface area (Å²) >= 11 is 0. The monoisotopic (exact) mass is 231 g/mol. The largest absolute Gasteiger partial charge is 0.459 e. The summed E-state index contributed by atoms with van der Waals surface area (Å²) in [6.45, 7) is 12.6. The van der Waals surface area contributed by atoms with Gasteiger partial charge in [-0.05, 0) is 41.5 Å². The maximum Gasteiger partial charge on any atom is 0.323 e. The van der Waals surface area contributed by atoms with E-state index in [1.807, 2.05) is 34.6 Å². The summed E-state index contributed by atoms with van der Waals surface area (Å²) in [5.41, 5.74) is -0.432. The Morgan fingerprint density at radius 3 is 2.31 bits per heavy atom. The Hall–Kier alpha value is -0.610. The van der Waals surface area contributed by atoms with Crippen LogP contribution < -0.4 is 5.32 Å². The van der Waals surface area contributed by atoms with Gasteiger partial charge in [-0.25, -0.2) is 0 Å². The van der Waals surface area contributed by atoms with Crippen molar-refractivity contribution in [3.63, 3.8) is 0 Å². The van der Waals surface area contributed by atoms with Gasteiger partial charge in [-0.15, -0.1) is 0 Å². The molecule has 1 N–H and O–H groups in total. The van der Waals surface area contributed by atoms with E-state index in [-0.39, 0.29) is 18.1 Å².